The molecule has 3 rings (SSSR count). The zero-order valence-electron chi connectivity index (χ0n) is 14.7. The van der Waals surface area contributed by atoms with Crippen LogP contribution in [0.1, 0.15) is 11.1 Å². The highest BCUT2D eigenvalue weighted by Gasteiger charge is 2.32. The third-order valence-corrected chi connectivity index (χ3v) is 5.24. The van der Waals surface area contributed by atoms with E-state index in [9.17, 15) is 9.59 Å². The van der Waals surface area contributed by atoms with Crippen LogP contribution >= 0.6 is 24.0 Å². The number of thiocarbonyl (C=S) groups is 1. The molecule has 0 radical (unpaired) electrons. The van der Waals surface area contributed by atoms with Gasteiger partial charge in [0.15, 0.2) is 0 Å². The Hall–Kier alpha value is -2.70. The van der Waals surface area contributed by atoms with Gasteiger partial charge in [0.05, 0.1) is 4.91 Å². The molecule has 1 aliphatic rings. The topological polar surface area (TPSA) is 49.4 Å². The molecule has 1 aliphatic heterocycles. The summed E-state index contributed by atoms with van der Waals surface area (Å²) in [6, 6.07) is 17.3. The summed E-state index contributed by atoms with van der Waals surface area (Å²) >= 11 is 6.47. The number of nitrogens with one attached hydrogen (secondary N) is 1. The van der Waals surface area contributed by atoms with E-state index >= 15 is 0 Å². The second-order valence-electron chi connectivity index (χ2n) is 5.97. The van der Waals surface area contributed by atoms with E-state index in [1.807, 2.05) is 73.7 Å². The van der Waals surface area contributed by atoms with Crippen molar-refractivity contribution >= 4 is 51.9 Å². The third-order valence-electron chi connectivity index (χ3n) is 3.85. The summed E-state index contributed by atoms with van der Waals surface area (Å²) in [5.74, 6) is -0.530. The molecule has 2 amide bonds. The number of nitrogens with zero attached hydrogens (tertiary/aromatic N) is 1. The average molecular weight is 395 g/mol. The molecule has 4 nitrogen and oxygen atoms in total. The number of amides is 2. The van der Waals surface area contributed by atoms with Gasteiger partial charge in [0.2, 0.25) is 5.91 Å². The maximum absolute atomic E-state index is 12.5. The summed E-state index contributed by atoms with van der Waals surface area (Å²) in [5.41, 5.74) is 2.85. The summed E-state index contributed by atoms with van der Waals surface area (Å²) in [6.45, 7) is 1.88. The van der Waals surface area contributed by atoms with Crippen molar-refractivity contribution in [3.63, 3.8) is 0 Å². The van der Waals surface area contributed by atoms with Crippen molar-refractivity contribution < 1.29 is 9.59 Å². The molecule has 1 N–H and O–H groups in total. The lowest BCUT2D eigenvalue weighted by molar-refractivity contribution is -0.126. The van der Waals surface area contributed by atoms with Crippen LogP contribution in [0.15, 0.2) is 71.7 Å². The van der Waals surface area contributed by atoms with Gasteiger partial charge < -0.3 is 5.32 Å². The third kappa shape index (κ3) is 5.15. The van der Waals surface area contributed by atoms with Gasteiger partial charge in [-0.2, -0.15) is 0 Å². The number of hydrogen-bond donors (Lipinski definition) is 1. The molecule has 1 fully saturated rings. The van der Waals surface area contributed by atoms with Crippen LogP contribution in [0.2, 0.25) is 0 Å². The van der Waals surface area contributed by atoms with E-state index in [1.54, 1.807) is 6.08 Å². The molecule has 0 aliphatic carbocycles. The number of rotatable bonds is 5. The smallest absolute Gasteiger partial charge is 0.266 e. The quantitative estimate of drug-likeness (QED) is 0.604. The van der Waals surface area contributed by atoms with Crippen LogP contribution in [0.3, 0.4) is 0 Å². The van der Waals surface area contributed by atoms with Gasteiger partial charge in [-0.05, 0) is 30.7 Å². The average Bonchev–Trinajstić information content (AvgIpc) is 2.92. The van der Waals surface area contributed by atoms with Crippen molar-refractivity contribution in [1.82, 2.24) is 4.90 Å². The molecule has 1 heterocycles. The molecule has 0 bridgehead atoms. The molecule has 0 spiro atoms. The zero-order chi connectivity index (χ0) is 19.2. The van der Waals surface area contributed by atoms with E-state index in [0.717, 1.165) is 11.1 Å². The van der Waals surface area contributed by atoms with Crippen LogP contribution in [0.25, 0.3) is 6.08 Å². The van der Waals surface area contributed by atoms with Crippen molar-refractivity contribution in [2.45, 2.75) is 6.92 Å². The number of anilines is 1. The number of hydrogen-bond acceptors (Lipinski definition) is 4. The standard InChI is InChI=1S/C21H18N2O2S2/c1-15-10-12-17(13-11-15)22-19(24)14-23-20(25)18(27-21(23)26)9-5-8-16-6-3-2-4-7-16/h2-13H,14H2,1H3,(H,22,24)/b8-5+,18-9+. The van der Waals surface area contributed by atoms with Gasteiger partial charge in [-0.25, -0.2) is 0 Å². The number of aryl methyl sites for hydroxylation is 1. The van der Waals surface area contributed by atoms with Gasteiger partial charge in [0, 0.05) is 5.69 Å². The first-order valence-corrected chi connectivity index (χ1v) is 9.59. The first-order chi connectivity index (χ1) is 13.0. The molecule has 0 atom stereocenters. The highest BCUT2D eigenvalue weighted by molar-refractivity contribution is 8.26. The number of benzene rings is 2. The molecule has 0 unspecified atom stereocenters. The molecule has 6 heteroatoms. The van der Waals surface area contributed by atoms with Crippen molar-refractivity contribution in [3.8, 4) is 0 Å². The summed E-state index contributed by atoms with van der Waals surface area (Å²) in [5, 5.41) is 2.78. The lowest BCUT2D eigenvalue weighted by atomic mass is 10.2. The number of carbonyl (C=O) groups excluding carboxylic acids is 2. The first kappa shape index (κ1) is 19.1. The van der Waals surface area contributed by atoms with Gasteiger partial charge in [-0.3, -0.25) is 14.5 Å². The maximum Gasteiger partial charge on any atom is 0.266 e. The normalized spacial score (nSPS) is 15.7. The van der Waals surface area contributed by atoms with Crippen LogP contribution in [-0.4, -0.2) is 27.6 Å². The van der Waals surface area contributed by atoms with Crippen molar-refractivity contribution in [3.05, 3.63) is 82.8 Å². The monoisotopic (exact) mass is 394 g/mol. The molecule has 1 saturated heterocycles. The van der Waals surface area contributed by atoms with Gasteiger partial charge in [-0.1, -0.05) is 84.2 Å². The fourth-order valence-electron chi connectivity index (χ4n) is 2.44. The molecular formula is C21H18N2O2S2. The molecule has 0 aromatic heterocycles. The van der Waals surface area contributed by atoms with Gasteiger partial charge >= 0.3 is 0 Å². The Morgan fingerprint density at radius 2 is 1.85 bits per heavy atom. The maximum atomic E-state index is 12.5. The molecule has 136 valence electrons. The van der Waals surface area contributed by atoms with E-state index in [1.165, 1.54) is 16.7 Å². The van der Waals surface area contributed by atoms with E-state index in [4.69, 9.17) is 12.2 Å². The molecule has 2 aromatic carbocycles. The minimum Gasteiger partial charge on any atom is -0.325 e. The predicted molar refractivity (Wildman–Crippen MR) is 115 cm³/mol. The van der Waals surface area contributed by atoms with Crippen LogP contribution in [0.4, 0.5) is 5.69 Å². The van der Waals surface area contributed by atoms with Crippen LogP contribution in [-0.2, 0) is 9.59 Å². The van der Waals surface area contributed by atoms with E-state index in [0.29, 0.717) is 14.9 Å². The summed E-state index contributed by atoms with van der Waals surface area (Å²) in [7, 11) is 0. The SMILES string of the molecule is Cc1ccc(NC(=O)CN2C(=O)/C(=C\C=C\c3ccccc3)SC2=S)cc1. The van der Waals surface area contributed by atoms with E-state index in [2.05, 4.69) is 5.32 Å². The minimum atomic E-state index is -0.281. The summed E-state index contributed by atoms with van der Waals surface area (Å²) in [4.78, 5) is 26.6. The number of allylic oxidation sites excluding steroid dienone is 2. The summed E-state index contributed by atoms with van der Waals surface area (Å²) < 4.78 is 0.387. The number of carbonyl (C=O) groups is 2. The van der Waals surface area contributed by atoms with Crippen molar-refractivity contribution in [1.29, 1.82) is 0 Å². The lowest BCUT2D eigenvalue weighted by Crippen LogP contribution is -2.36. The minimum absolute atomic E-state index is 0.0989. The zero-order valence-corrected chi connectivity index (χ0v) is 16.3. The second kappa shape index (κ2) is 8.79. The first-order valence-electron chi connectivity index (χ1n) is 8.36. The molecule has 0 saturated carbocycles. The second-order valence-corrected chi connectivity index (χ2v) is 7.65. The Morgan fingerprint density at radius 1 is 1.15 bits per heavy atom. The van der Waals surface area contributed by atoms with Crippen LogP contribution < -0.4 is 5.32 Å². The predicted octanol–water partition coefficient (Wildman–Crippen LogP) is 4.39. The molecular weight excluding hydrogens is 376 g/mol. The molecule has 2 aromatic rings. The highest BCUT2D eigenvalue weighted by atomic mass is 32.2. The largest absolute Gasteiger partial charge is 0.325 e. The Balaban J connectivity index is 1.61. The highest BCUT2D eigenvalue weighted by Crippen LogP contribution is 2.30. The Kier molecular flexibility index (Phi) is 6.21. The molecule has 27 heavy (non-hydrogen) atoms. The van der Waals surface area contributed by atoms with Crippen molar-refractivity contribution in [2.24, 2.45) is 0 Å². The van der Waals surface area contributed by atoms with E-state index in [-0.39, 0.29) is 18.4 Å². The van der Waals surface area contributed by atoms with Gasteiger partial charge in [0.25, 0.3) is 5.91 Å². The van der Waals surface area contributed by atoms with Crippen LogP contribution in [0, 0.1) is 6.92 Å². The Bertz CT molecular complexity index is 919. The Morgan fingerprint density at radius 3 is 2.56 bits per heavy atom. The fourth-order valence-corrected chi connectivity index (χ4v) is 3.65. The van der Waals surface area contributed by atoms with E-state index < -0.39 is 0 Å². The lowest BCUT2D eigenvalue weighted by Gasteiger charge is -2.14. The van der Waals surface area contributed by atoms with Gasteiger partial charge in [-0.15, -0.1) is 0 Å². The summed E-state index contributed by atoms with van der Waals surface area (Å²) in [6.07, 6.45) is 5.45. The van der Waals surface area contributed by atoms with Crippen molar-refractivity contribution in [2.75, 3.05) is 11.9 Å². The van der Waals surface area contributed by atoms with Crippen LogP contribution in [0.5, 0.6) is 0 Å². The fraction of sp³-hybridized carbons (Fsp3) is 0.0952. The van der Waals surface area contributed by atoms with Gasteiger partial charge in [0.1, 0.15) is 10.9 Å². The number of thioether (sulfide) groups is 1. The Labute approximate surface area is 168 Å².